The molecule has 0 atom stereocenters. The Morgan fingerprint density at radius 1 is 1.33 bits per heavy atom. The van der Waals surface area contributed by atoms with Gasteiger partial charge in [0.2, 0.25) is 5.91 Å². The summed E-state index contributed by atoms with van der Waals surface area (Å²) in [6, 6.07) is 7.81. The molecule has 1 aliphatic rings. The van der Waals surface area contributed by atoms with Crippen molar-refractivity contribution in [1.29, 1.82) is 0 Å². The van der Waals surface area contributed by atoms with Gasteiger partial charge in [-0.05, 0) is 43.6 Å². The van der Waals surface area contributed by atoms with Gasteiger partial charge in [-0.15, -0.1) is 0 Å². The van der Waals surface area contributed by atoms with E-state index in [-0.39, 0.29) is 11.8 Å². The fraction of sp³-hybridized carbons (Fsp3) is 0.467. The number of amides is 1. The molecule has 1 heterocycles. The van der Waals surface area contributed by atoms with Gasteiger partial charge in [-0.3, -0.25) is 14.5 Å². The summed E-state index contributed by atoms with van der Waals surface area (Å²) >= 11 is 3.40. The molecule has 1 amide bonds. The Kier molecular flexibility index (Phi) is 5.76. The van der Waals surface area contributed by atoms with Crippen molar-refractivity contribution in [3.8, 4) is 0 Å². The van der Waals surface area contributed by atoms with Crippen LogP contribution in [-0.4, -0.2) is 41.5 Å². The fourth-order valence-corrected chi connectivity index (χ4v) is 2.89. The van der Waals surface area contributed by atoms with Crippen LogP contribution in [0, 0.1) is 5.92 Å². The van der Waals surface area contributed by atoms with Crippen LogP contribution >= 0.6 is 15.9 Å². The number of carboxylic acid groups (broad SMARTS) is 1. The molecule has 1 fully saturated rings. The van der Waals surface area contributed by atoms with Crippen LogP contribution < -0.4 is 5.32 Å². The van der Waals surface area contributed by atoms with Crippen molar-refractivity contribution < 1.29 is 14.7 Å². The Morgan fingerprint density at radius 2 is 2.05 bits per heavy atom. The van der Waals surface area contributed by atoms with Gasteiger partial charge in [0.15, 0.2) is 0 Å². The number of halogens is 1. The first-order valence-corrected chi connectivity index (χ1v) is 7.80. The highest BCUT2D eigenvalue weighted by molar-refractivity contribution is 9.10. The number of carboxylic acids is 1. The molecule has 2 rings (SSSR count). The first kappa shape index (κ1) is 16.0. The molecule has 0 spiro atoms. The fourth-order valence-electron chi connectivity index (χ4n) is 2.44. The van der Waals surface area contributed by atoms with E-state index in [9.17, 15) is 9.59 Å². The summed E-state index contributed by atoms with van der Waals surface area (Å²) in [5, 5.41) is 11.8. The smallest absolute Gasteiger partial charge is 0.306 e. The zero-order valence-corrected chi connectivity index (χ0v) is 13.3. The molecule has 5 nitrogen and oxygen atoms in total. The minimum absolute atomic E-state index is 0.0243. The average Bonchev–Trinajstić information content (AvgIpc) is 2.46. The van der Waals surface area contributed by atoms with Crippen molar-refractivity contribution in [2.24, 2.45) is 5.92 Å². The zero-order valence-electron chi connectivity index (χ0n) is 11.7. The number of benzene rings is 1. The lowest BCUT2D eigenvalue weighted by Gasteiger charge is -2.29. The van der Waals surface area contributed by atoms with E-state index in [1.54, 1.807) is 0 Å². The van der Waals surface area contributed by atoms with Crippen LogP contribution in [0.15, 0.2) is 28.7 Å². The molecule has 1 saturated heterocycles. The van der Waals surface area contributed by atoms with Gasteiger partial charge < -0.3 is 10.4 Å². The number of piperidine rings is 1. The van der Waals surface area contributed by atoms with Crippen molar-refractivity contribution in [3.05, 3.63) is 34.3 Å². The summed E-state index contributed by atoms with van der Waals surface area (Å²) in [5.41, 5.74) is 1.04. The molecule has 0 aromatic heterocycles. The van der Waals surface area contributed by atoms with Gasteiger partial charge in [-0.1, -0.05) is 28.1 Å². The third-order valence-electron chi connectivity index (χ3n) is 3.68. The molecule has 6 heteroatoms. The first-order valence-electron chi connectivity index (χ1n) is 7.01. The normalized spacial score (nSPS) is 16.6. The van der Waals surface area contributed by atoms with Gasteiger partial charge in [-0.2, -0.15) is 0 Å². The Morgan fingerprint density at radius 3 is 2.67 bits per heavy atom. The highest BCUT2D eigenvalue weighted by atomic mass is 79.9. The SMILES string of the molecule is O=C(CN1CCC(C(=O)O)CC1)NCc1cccc(Br)c1. The summed E-state index contributed by atoms with van der Waals surface area (Å²) < 4.78 is 0.991. The van der Waals surface area contributed by atoms with Crippen molar-refractivity contribution in [1.82, 2.24) is 10.2 Å². The topological polar surface area (TPSA) is 69.6 Å². The van der Waals surface area contributed by atoms with Crippen molar-refractivity contribution in [3.63, 3.8) is 0 Å². The number of hydrogen-bond donors (Lipinski definition) is 2. The number of likely N-dealkylation sites (tertiary alicyclic amines) is 1. The van der Waals surface area contributed by atoms with E-state index in [4.69, 9.17) is 5.11 Å². The quantitative estimate of drug-likeness (QED) is 0.846. The van der Waals surface area contributed by atoms with E-state index in [0.717, 1.165) is 10.0 Å². The molecule has 0 bridgehead atoms. The number of hydrogen-bond acceptors (Lipinski definition) is 3. The Hall–Kier alpha value is -1.40. The molecular weight excluding hydrogens is 336 g/mol. The standard InChI is InChI=1S/C15H19BrN2O3/c16-13-3-1-2-11(8-13)9-17-14(19)10-18-6-4-12(5-7-18)15(20)21/h1-3,8,12H,4-7,9-10H2,(H,17,19)(H,20,21). The summed E-state index contributed by atoms with van der Waals surface area (Å²) in [5.74, 6) is -1.01. The predicted molar refractivity (Wildman–Crippen MR) is 82.8 cm³/mol. The van der Waals surface area contributed by atoms with Crippen LogP contribution in [0.5, 0.6) is 0 Å². The summed E-state index contributed by atoms with van der Waals surface area (Å²) in [7, 11) is 0. The maximum absolute atomic E-state index is 11.9. The van der Waals surface area contributed by atoms with Crippen molar-refractivity contribution >= 4 is 27.8 Å². The molecule has 1 aromatic rings. The van der Waals surface area contributed by atoms with E-state index >= 15 is 0 Å². The lowest BCUT2D eigenvalue weighted by atomic mass is 9.97. The average molecular weight is 355 g/mol. The molecule has 0 saturated carbocycles. The molecule has 114 valence electrons. The summed E-state index contributed by atoms with van der Waals surface area (Å²) in [6.07, 6.45) is 1.24. The van der Waals surface area contributed by atoms with E-state index in [1.165, 1.54) is 0 Å². The number of nitrogens with zero attached hydrogens (tertiary/aromatic N) is 1. The van der Waals surface area contributed by atoms with E-state index in [1.807, 2.05) is 29.2 Å². The molecule has 1 aromatic carbocycles. The lowest BCUT2D eigenvalue weighted by molar-refractivity contribution is -0.143. The second-order valence-corrected chi connectivity index (χ2v) is 6.21. The number of aliphatic carboxylic acids is 1. The van der Waals surface area contributed by atoms with Gasteiger partial charge in [0.25, 0.3) is 0 Å². The van der Waals surface area contributed by atoms with Crippen LogP contribution in [0.2, 0.25) is 0 Å². The van der Waals surface area contributed by atoms with Crippen LogP contribution in [0.25, 0.3) is 0 Å². The van der Waals surface area contributed by atoms with Gasteiger partial charge in [0.1, 0.15) is 0 Å². The van der Waals surface area contributed by atoms with Gasteiger partial charge >= 0.3 is 5.97 Å². The second kappa shape index (κ2) is 7.56. The molecule has 0 unspecified atom stereocenters. The number of carbonyl (C=O) groups excluding carboxylic acids is 1. The first-order chi connectivity index (χ1) is 10.0. The number of nitrogens with one attached hydrogen (secondary N) is 1. The van der Waals surface area contributed by atoms with Gasteiger partial charge in [0.05, 0.1) is 12.5 Å². The number of carbonyl (C=O) groups is 2. The third-order valence-corrected chi connectivity index (χ3v) is 4.18. The van der Waals surface area contributed by atoms with Gasteiger partial charge in [0, 0.05) is 11.0 Å². The molecule has 2 N–H and O–H groups in total. The third kappa shape index (κ3) is 5.13. The molecule has 0 radical (unpaired) electrons. The Labute approximate surface area is 132 Å². The molecule has 0 aliphatic carbocycles. The Balaban J connectivity index is 1.72. The minimum atomic E-state index is -0.728. The summed E-state index contributed by atoms with van der Waals surface area (Å²) in [4.78, 5) is 24.8. The molecule has 1 aliphatic heterocycles. The highest BCUT2D eigenvalue weighted by Crippen LogP contribution is 2.16. The summed E-state index contributed by atoms with van der Waals surface area (Å²) in [6.45, 7) is 2.17. The lowest BCUT2D eigenvalue weighted by Crippen LogP contribution is -2.42. The minimum Gasteiger partial charge on any atom is -0.481 e. The van der Waals surface area contributed by atoms with E-state index < -0.39 is 5.97 Å². The zero-order chi connectivity index (χ0) is 15.2. The maximum atomic E-state index is 11.9. The van der Waals surface area contributed by atoms with Crippen molar-refractivity contribution in [2.45, 2.75) is 19.4 Å². The maximum Gasteiger partial charge on any atom is 0.306 e. The number of rotatable bonds is 5. The van der Waals surface area contributed by atoms with Crippen LogP contribution in [-0.2, 0) is 16.1 Å². The van der Waals surface area contributed by atoms with Crippen molar-refractivity contribution in [2.75, 3.05) is 19.6 Å². The second-order valence-electron chi connectivity index (χ2n) is 5.30. The van der Waals surface area contributed by atoms with Crippen LogP contribution in [0.1, 0.15) is 18.4 Å². The molecule has 21 heavy (non-hydrogen) atoms. The molecular formula is C15H19BrN2O3. The van der Waals surface area contributed by atoms with E-state index in [0.29, 0.717) is 39.0 Å². The van der Waals surface area contributed by atoms with Crippen LogP contribution in [0.4, 0.5) is 0 Å². The van der Waals surface area contributed by atoms with Gasteiger partial charge in [-0.25, -0.2) is 0 Å². The predicted octanol–water partition coefficient (Wildman–Crippen LogP) is 1.86. The Bertz CT molecular complexity index is 513. The van der Waals surface area contributed by atoms with Crippen LogP contribution in [0.3, 0.4) is 0 Å². The largest absolute Gasteiger partial charge is 0.481 e. The highest BCUT2D eigenvalue weighted by Gasteiger charge is 2.25. The van der Waals surface area contributed by atoms with E-state index in [2.05, 4.69) is 21.2 Å². The monoisotopic (exact) mass is 354 g/mol.